The maximum Gasteiger partial charge on any atom is 0.0643 e. The Morgan fingerprint density at radius 2 is 1.74 bits per heavy atom. The van der Waals surface area contributed by atoms with E-state index in [1.807, 2.05) is 25.2 Å². The third-order valence-corrected chi connectivity index (χ3v) is 4.15. The second kappa shape index (κ2) is 5.96. The minimum absolute atomic E-state index is 0.0480. The highest BCUT2D eigenvalue weighted by Crippen LogP contribution is 2.34. The van der Waals surface area contributed by atoms with E-state index in [0.29, 0.717) is 10.0 Å². The van der Waals surface area contributed by atoms with E-state index in [1.54, 1.807) is 0 Å². The summed E-state index contributed by atoms with van der Waals surface area (Å²) in [4.78, 5) is 0. The predicted octanol–water partition coefficient (Wildman–Crippen LogP) is 4.92. The van der Waals surface area contributed by atoms with Gasteiger partial charge in [0.15, 0.2) is 0 Å². The fourth-order valence-corrected chi connectivity index (χ4v) is 2.79. The quantitative estimate of drug-likeness (QED) is 0.847. The SMILES string of the molecule is CNC(c1ccc(C)cc1C)c1cccc(Cl)c1Cl. The van der Waals surface area contributed by atoms with Gasteiger partial charge in [0.05, 0.1) is 16.1 Å². The van der Waals surface area contributed by atoms with Crippen molar-refractivity contribution in [3.8, 4) is 0 Å². The molecule has 0 radical (unpaired) electrons. The van der Waals surface area contributed by atoms with Crippen LogP contribution in [0.15, 0.2) is 36.4 Å². The molecule has 100 valence electrons. The highest BCUT2D eigenvalue weighted by Gasteiger charge is 2.18. The molecule has 3 heteroatoms. The molecule has 1 unspecified atom stereocenters. The third kappa shape index (κ3) is 2.94. The maximum atomic E-state index is 6.33. The molecule has 0 fully saturated rings. The Bertz CT molecular complexity index is 593. The van der Waals surface area contributed by atoms with Gasteiger partial charge in [-0.1, -0.05) is 59.1 Å². The molecule has 1 atom stereocenters. The molecule has 1 N–H and O–H groups in total. The summed E-state index contributed by atoms with van der Waals surface area (Å²) in [6, 6.07) is 12.2. The van der Waals surface area contributed by atoms with E-state index in [4.69, 9.17) is 23.2 Å². The summed E-state index contributed by atoms with van der Waals surface area (Å²) in [6.45, 7) is 4.21. The molecule has 0 aromatic heterocycles. The lowest BCUT2D eigenvalue weighted by molar-refractivity contribution is 0.687. The van der Waals surface area contributed by atoms with Crippen molar-refractivity contribution in [1.82, 2.24) is 5.32 Å². The Labute approximate surface area is 124 Å². The number of benzene rings is 2. The van der Waals surface area contributed by atoms with Crippen LogP contribution in [0.3, 0.4) is 0 Å². The van der Waals surface area contributed by atoms with Crippen LogP contribution >= 0.6 is 23.2 Å². The lowest BCUT2D eigenvalue weighted by Gasteiger charge is -2.21. The third-order valence-electron chi connectivity index (χ3n) is 3.32. The summed E-state index contributed by atoms with van der Waals surface area (Å²) in [5.74, 6) is 0. The first-order valence-electron chi connectivity index (χ1n) is 6.23. The number of halogens is 2. The second-order valence-electron chi connectivity index (χ2n) is 4.72. The van der Waals surface area contributed by atoms with Gasteiger partial charge in [-0.25, -0.2) is 0 Å². The van der Waals surface area contributed by atoms with Crippen molar-refractivity contribution in [3.63, 3.8) is 0 Å². The molecule has 2 rings (SSSR count). The van der Waals surface area contributed by atoms with Gasteiger partial charge < -0.3 is 5.32 Å². The molecular formula is C16H17Cl2N. The number of aryl methyl sites for hydroxylation is 2. The molecule has 1 nitrogen and oxygen atoms in total. The summed E-state index contributed by atoms with van der Waals surface area (Å²) < 4.78 is 0. The fourth-order valence-electron chi connectivity index (χ4n) is 2.37. The van der Waals surface area contributed by atoms with Crippen molar-refractivity contribution in [1.29, 1.82) is 0 Å². The number of rotatable bonds is 3. The molecule has 0 bridgehead atoms. The van der Waals surface area contributed by atoms with E-state index in [1.165, 1.54) is 16.7 Å². The molecular weight excluding hydrogens is 277 g/mol. The molecule has 0 amide bonds. The minimum Gasteiger partial charge on any atom is -0.309 e. The van der Waals surface area contributed by atoms with Crippen LogP contribution in [0.2, 0.25) is 10.0 Å². The molecule has 19 heavy (non-hydrogen) atoms. The average Bonchev–Trinajstić information content (AvgIpc) is 2.37. The highest BCUT2D eigenvalue weighted by molar-refractivity contribution is 6.42. The lowest BCUT2D eigenvalue weighted by atomic mass is 9.94. The molecule has 0 aliphatic carbocycles. The first-order valence-corrected chi connectivity index (χ1v) is 6.98. The van der Waals surface area contributed by atoms with Crippen molar-refractivity contribution in [2.75, 3.05) is 7.05 Å². The predicted molar refractivity (Wildman–Crippen MR) is 83.3 cm³/mol. The first kappa shape index (κ1) is 14.4. The maximum absolute atomic E-state index is 6.33. The zero-order valence-electron chi connectivity index (χ0n) is 11.3. The Balaban J connectivity index is 2.53. The Morgan fingerprint density at radius 1 is 1.00 bits per heavy atom. The minimum atomic E-state index is 0.0480. The van der Waals surface area contributed by atoms with E-state index in [0.717, 1.165) is 5.56 Å². The van der Waals surface area contributed by atoms with Gasteiger partial charge in [-0.05, 0) is 43.7 Å². The van der Waals surface area contributed by atoms with Gasteiger partial charge in [0.2, 0.25) is 0 Å². The van der Waals surface area contributed by atoms with Gasteiger partial charge in [-0.15, -0.1) is 0 Å². The molecule has 2 aromatic rings. The standard InChI is InChI=1S/C16H17Cl2N/c1-10-7-8-12(11(2)9-10)16(19-3)13-5-4-6-14(17)15(13)18/h4-9,16,19H,1-3H3. The van der Waals surface area contributed by atoms with Crippen LogP contribution in [0.1, 0.15) is 28.3 Å². The van der Waals surface area contributed by atoms with Gasteiger partial charge >= 0.3 is 0 Å². The van der Waals surface area contributed by atoms with Crippen LogP contribution in [0.4, 0.5) is 0 Å². The van der Waals surface area contributed by atoms with E-state index >= 15 is 0 Å². The largest absolute Gasteiger partial charge is 0.309 e. The van der Waals surface area contributed by atoms with Crippen molar-refractivity contribution < 1.29 is 0 Å². The zero-order valence-corrected chi connectivity index (χ0v) is 12.8. The van der Waals surface area contributed by atoms with Crippen molar-refractivity contribution in [2.45, 2.75) is 19.9 Å². The molecule has 0 saturated heterocycles. The van der Waals surface area contributed by atoms with E-state index < -0.39 is 0 Å². The van der Waals surface area contributed by atoms with Gasteiger partial charge in [-0.3, -0.25) is 0 Å². The fraction of sp³-hybridized carbons (Fsp3) is 0.250. The van der Waals surface area contributed by atoms with Crippen LogP contribution in [0.25, 0.3) is 0 Å². The van der Waals surface area contributed by atoms with E-state index in [9.17, 15) is 0 Å². The number of hydrogen-bond donors (Lipinski definition) is 1. The average molecular weight is 294 g/mol. The van der Waals surface area contributed by atoms with Gasteiger partial charge in [0.25, 0.3) is 0 Å². The number of nitrogens with one attached hydrogen (secondary N) is 1. The smallest absolute Gasteiger partial charge is 0.0643 e. The highest BCUT2D eigenvalue weighted by atomic mass is 35.5. The Hall–Kier alpha value is -1.02. The summed E-state index contributed by atoms with van der Waals surface area (Å²) in [7, 11) is 1.93. The molecule has 0 saturated carbocycles. The van der Waals surface area contributed by atoms with Crippen LogP contribution < -0.4 is 5.32 Å². The summed E-state index contributed by atoms with van der Waals surface area (Å²) in [6.07, 6.45) is 0. The van der Waals surface area contributed by atoms with Crippen molar-refractivity contribution >= 4 is 23.2 Å². The molecule has 2 aromatic carbocycles. The summed E-state index contributed by atoms with van der Waals surface area (Å²) in [5, 5.41) is 4.52. The monoisotopic (exact) mass is 293 g/mol. The molecule has 0 spiro atoms. The normalized spacial score (nSPS) is 12.5. The van der Waals surface area contributed by atoms with Gasteiger partial charge in [-0.2, -0.15) is 0 Å². The van der Waals surface area contributed by atoms with Crippen LogP contribution in [0, 0.1) is 13.8 Å². The Kier molecular flexibility index (Phi) is 4.51. The van der Waals surface area contributed by atoms with Crippen LogP contribution in [0.5, 0.6) is 0 Å². The lowest BCUT2D eigenvalue weighted by Crippen LogP contribution is -2.19. The summed E-state index contributed by atoms with van der Waals surface area (Å²) in [5.41, 5.74) is 4.73. The van der Waals surface area contributed by atoms with Crippen molar-refractivity contribution in [2.24, 2.45) is 0 Å². The van der Waals surface area contributed by atoms with E-state index in [-0.39, 0.29) is 6.04 Å². The van der Waals surface area contributed by atoms with Gasteiger partial charge in [0.1, 0.15) is 0 Å². The van der Waals surface area contributed by atoms with Crippen molar-refractivity contribution in [3.05, 3.63) is 68.7 Å². The number of hydrogen-bond acceptors (Lipinski definition) is 1. The zero-order chi connectivity index (χ0) is 14.0. The van der Waals surface area contributed by atoms with E-state index in [2.05, 4.69) is 37.4 Å². The van der Waals surface area contributed by atoms with Crippen LogP contribution in [-0.4, -0.2) is 7.05 Å². The molecule has 0 heterocycles. The topological polar surface area (TPSA) is 12.0 Å². The Morgan fingerprint density at radius 3 is 2.37 bits per heavy atom. The first-order chi connectivity index (χ1) is 9.04. The second-order valence-corrected chi connectivity index (χ2v) is 5.51. The van der Waals surface area contributed by atoms with Crippen LogP contribution in [-0.2, 0) is 0 Å². The molecule has 0 aliphatic heterocycles. The summed E-state index contributed by atoms with van der Waals surface area (Å²) >= 11 is 12.4. The van der Waals surface area contributed by atoms with Gasteiger partial charge in [0, 0.05) is 0 Å². The molecule has 0 aliphatic rings.